The Kier molecular flexibility index (Phi) is 5.44. The van der Waals surface area contributed by atoms with E-state index in [1.54, 1.807) is 19.2 Å². The van der Waals surface area contributed by atoms with Crippen molar-refractivity contribution >= 4 is 17.5 Å². The molecule has 1 unspecified atom stereocenters. The first kappa shape index (κ1) is 17.4. The molecule has 0 aliphatic heterocycles. The number of nitrogens with zero attached hydrogens (tertiary/aromatic N) is 1. The van der Waals surface area contributed by atoms with Crippen molar-refractivity contribution < 1.29 is 4.92 Å². The summed E-state index contributed by atoms with van der Waals surface area (Å²) in [5, 5.41) is 14.3. The van der Waals surface area contributed by atoms with Gasteiger partial charge in [-0.2, -0.15) is 0 Å². The first-order valence-electron chi connectivity index (χ1n) is 8.43. The van der Waals surface area contributed by atoms with Crippen LogP contribution in [-0.4, -0.2) is 12.0 Å². The fourth-order valence-corrected chi connectivity index (χ4v) is 2.95. The first-order valence-corrected chi connectivity index (χ1v) is 8.43. The van der Waals surface area contributed by atoms with E-state index in [-0.39, 0.29) is 16.5 Å². The fraction of sp³-hybridized carbons (Fsp3) is 0.0909. The zero-order valence-electron chi connectivity index (χ0n) is 14.5. The summed E-state index contributed by atoms with van der Waals surface area (Å²) >= 11 is 0. The van der Waals surface area contributed by atoms with E-state index in [9.17, 15) is 10.1 Å². The second kappa shape index (κ2) is 8.12. The van der Waals surface area contributed by atoms with Gasteiger partial charge >= 0.3 is 0 Å². The molecule has 0 saturated carbocycles. The van der Waals surface area contributed by atoms with Crippen molar-refractivity contribution in [1.82, 2.24) is 0 Å². The van der Waals surface area contributed by atoms with Crippen LogP contribution in [0.2, 0.25) is 0 Å². The van der Waals surface area contributed by atoms with Crippen LogP contribution in [0.1, 0.15) is 22.6 Å². The van der Waals surface area contributed by atoms with Gasteiger partial charge in [0, 0.05) is 19.0 Å². The van der Waals surface area contributed by atoms with Crippen molar-refractivity contribution in [1.29, 1.82) is 0 Å². The number of nitrogens with one attached hydrogen (secondary N) is 1. The van der Waals surface area contributed by atoms with Gasteiger partial charge in [-0.1, -0.05) is 78.9 Å². The standard InChI is InChI=1S/C22H20N2O2/c1-23-21-15-13-19(16-22(21)24(25)26)20(18-10-6-3-7-11-18)14-12-17-8-4-2-5-9-17/h2-16,20,23H,1H3/b14-12+. The van der Waals surface area contributed by atoms with Crippen LogP contribution in [0.4, 0.5) is 11.4 Å². The van der Waals surface area contributed by atoms with Crippen molar-refractivity contribution in [2.45, 2.75) is 5.92 Å². The largest absolute Gasteiger partial charge is 0.383 e. The Morgan fingerprint density at radius 1 is 0.923 bits per heavy atom. The normalized spacial score (nSPS) is 12.0. The molecule has 0 bridgehead atoms. The zero-order chi connectivity index (χ0) is 18.4. The smallest absolute Gasteiger partial charge is 0.292 e. The number of nitro groups is 1. The molecule has 0 amide bonds. The van der Waals surface area contributed by atoms with E-state index in [0.717, 1.165) is 16.7 Å². The van der Waals surface area contributed by atoms with Gasteiger partial charge in [0.15, 0.2) is 0 Å². The minimum atomic E-state index is -0.349. The van der Waals surface area contributed by atoms with Crippen molar-refractivity contribution in [3.63, 3.8) is 0 Å². The summed E-state index contributed by atoms with van der Waals surface area (Å²) in [4.78, 5) is 11.1. The molecule has 26 heavy (non-hydrogen) atoms. The number of nitro benzene ring substituents is 1. The van der Waals surface area contributed by atoms with E-state index in [1.807, 2.05) is 66.7 Å². The number of rotatable bonds is 6. The van der Waals surface area contributed by atoms with E-state index >= 15 is 0 Å². The highest BCUT2D eigenvalue weighted by Gasteiger charge is 2.18. The molecule has 4 heteroatoms. The van der Waals surface area contributed by atoms with Gasteiger partial charge in [-0.15, -0.1) is 0 Å². The summed E-state index contributed by atoms with van der Waals surface area (Å²) in [7, 11) is 1.69. The predicted octanol–water partition coefficient (Wildman–Crippen LogP) is 5.48. The molecule has 0 heterocycles. The number of benzene rings is 3. The van der Waals surface area contributed by atoms with Crippen molar-refractivity contribution in [2.75, 3.05) is 12.4 Å². The van der Waals surface area contributed by atoms with Gasteiger partial charge in [0.1, 0.15) is 5.69 Å². The Hall–Kier alpha value is -3.40. The highest BCUT2D eigenvalue weighted by molar-refractivity contribution is 5.64. The van der Waals surface area contributed by atoms with Crippen molar-refractivity contribution in [3.05, 3.63) is 112 Å². The molecular formula is C22H20N2O2. The van der Waals surface area contributed by atoms with Crippen LogP contribution in [0.15, 0.2) is 84.9 Å². The molecule has 0 aromatic heterocycles. The Morgan fingerprint density at radius 2 is 1.58 bits per heavy atom. The Bertz CT molecular complexity index is 906. The third kappa shape index (κ3) is 3.98. The number of allylic oxidation sites excluding steroid dienone is 1. The molecule has 0 saturated heterocycles. The van der Waals surface area contributed by atoms with Crippen LogP contribution in [0.25, 0.3) is 6.08 Å². The minimum Gasteiger partial charge on any atom is -0.383 e. The van der Waals surface area contributed by atoms with Gasteiger partial charge in [-0.3, -0.25) is 10.1 Å². The van der Waals surface area contributed by atoms with Gasteiger partial charge in [0.05, 0.1) is 4.92 Å². The highest BCUT2D eigenvalue weighted by atomic mass is 16.6. The lowest BCUT2D eigenvalue weighted by Crippen LogP contribution is -2.02. The lowest BCUT2D eigenvalue weighted by molar-refractivity contribution is -0.384. The number of hydrogen-bond acceptors (Lipinski definition) is 3. The van der Waals surface area contributed by atoms with Gasteiger partial charge in [-0.25, -0.2) is 0 Å². The Balaban J connectivity index is 2.05. The summed E-state index contributed by atoms with van der Waals surface area (Å²) in [6.45, 7) is 0. The average molecular weight is 344 g/mol. The summed E-state index contributed by atoms with van der Waals surface area (Å²) in [6.07, 6.45) is 4.14. The SMILES string of the molecule is CNc1ccc(C(/C=C/c2ccccc2)c2ccccc2)cc1[N+](=O)[O-]. The average Bonchev–Trinajstić information content (AvgIpc) is 2.69. The number of hydrogen-bond donors (Lipinski definition) is 1. The third-order valence-corrected chi connectivity index (χ3v) is 4.29. The summed E-state index contributed by atoms with van der Waals surface area (Å²) in [5.74, 6) is -0.0685. The molecular weight excluding hydrogens is 324 g/mol. The molecule has 3 aromatic rings. The van der Waals surface area contributed by atoms with Crippen LogP contribution in [0.5, 0.6) is 0 Å². The molecule has 0 spiro atoms. The molecule has 3 aromatic carbocycles. The van der Waals surface area contributed by atoms with E-state index in [4.69, 9.17) is 0 Å². The topological polar surface area (TPSA) is 55.2 Å². The van der Waals surface area contributed by atoms with Gasteiger partial charge in [0.2, 0.25) is 0 Å². The summed E-state index contributed by atoms with van der Waals surface area (Å²) in [6, 6.07) is 25.4. The third-order valence-electron chi connectivity index (χ3n) is 4.29. The summed E-state index contributed by atoms with van der Waals surface area (Å²) in [5.41, 5.74) is 3.66. The summed E-state index contributed by atoms with van der Waals surface area (Å²) < 4.78 is 0. The van der Waals surface area contributed by atoms with Crippen LogP contribution < -0.4 is 5.32 Å². The molecule has 0 aliphatic rings. The number of anilines is 1. The molecule has 130 valence electrons. The van der Waals surface area contributed by atoms with Gasteiger partial charge < -0.3 is 5.32 Å². The quantitative estimate of drug-likeness (QED) is 0.476. The van der Waals surface area contributed by atoms with Crippen LogP contribution in [0.3, 0.4) is 0 Å². The van der Waals surface area contributed by atoms with Crippen molar-refractivity contribution in [2.24, 2.45) is 0 Å². The predicted molar refractivity (Wildman–Crippen MR) is 106 cm³/mol. The molecule has 1 N–H and O–H groups in total. The van der Waals surface area contributed by atoms with E-state index in [1.165, 1.54) is 0 Å². The molecule has 0 radical (unpaired) electrons. The molecule has 4 nitrogen and oxygen atoms in total. The Morgan fingerprint density at radius 3 is 2.19 bits per heavy atom. The lowest BCUT2D eigenvalue weighted by atomic mass is 9.90. The van der Waals surface area contributed by atoms with E-state index < -0.39 is 0 Å². The monoisotopic (exact) mass is 344 g/mol. The molecule has 0 aliphatic carbocycles. The van der Waals surface area contributed by atoms with Crippen LogP contribution in [-0.2, 0) is 0 Å². The fourth-order valence-electron chi connectivity index (χ4n) is 2.95. The maximum atomic E-state index is 11.4. The molecule has 1 atom stereocenters. The van der Waals surface area contributed by atoms with Crippen LogP contribution in [0, 0.1) is 10.1 Å². The Labute approximate surface area is 153 Å². The molecule has 0 fully saturated rings. The van der Waals surface area contributed by atoms with Gasteiger partial charge in [0.25, 0.3) is 5.69 Å². The van der Waals surface area contributed by atoms with Gasteiger partial charge in [-0.05, 0) is 22.8 Å². The first-order chi connectivity index (χ1) is 12.7. The van der Waals surface area contributed by atoms with E-state index in [0.29, 0.717) is 5.69 Å². The maximum absolute atomic E-state index is 11.4. The molecule has 3 rings (SSSR count). The minimum absolute atomic E-state index is 0.0685. The lowest BCUT2D eigenvalue weighted by Gasteiger charge is -2.15. The second-order valence-corrected chi connectivity index (χ2v) is 5.94. The highest BCUT2D eigenvalue weighted by Crippen LogP contribution is 2.33. The second-order valence-electron chi connectivity index (χ2n) is 5.94. The van der Waals surface area contributed by atoms with E-state index in [2.05, 4.69) is 17.5 Å². The van der Waals surface area contributed by atoms with Crippen molar-refractivity contribution in [3.8, 4) is 0 Å². The zero-order valence-corrected chi connectivity index (χ0v) is 14.5. The maximum Gasteiger partial charge on any atom is 0.292 e. The van der Waals surface area contributed by atoms with Crippen LogP contribution >= 0.6 is 0 Å².